The van der Waals surface area contributed by atoms with Gasteiger partial charge >= 0.3 is 0 Å². The number of nitrogens with zero attached hydrogens (tertiary/aromatic N) is 3. The molecule has 0 aliphatic heterocycles. The molecule has 0 aliphatic rings. The van der Waals surface area contributed by atoms with E-state index in [1.54, 1.807) is 13.3 Å². The average Bonchev–Trinajstić information content (AvgIpc) is 2.91. The number of ether oxygens (including phenoxy) is 1. The molecule has 134 valence electrons. The first-order chi connectivity index (χ1) is 12.5. The second kappa shape index (κ2) is 7.44. The van der Waals surface area contributed by atoms with E-state index in [0.29, 0.717) is 12.2 Å². The van der Waals surface area contributed by atoms with E-state index < -0.39 is 0 Å². The molecule has 0 aliphatic carbocycles. The minimum absolute atomic E-state index is 0.632. The Kier molecular flexibility index (Phi) is 5.07. The van der Waals surface area contributed by atoms with Crippen LogP contribution in [0.4, 0.5) is 0 Å². The van der Waals surface area contributed by atoms with Crippen molar-refractivity contribution in [1.82, 2.24) is 9.58 Å². The predicted octanol–water partition coefficient (Wildman–Crippen LogP) is 3.77. The average molecular weight is 349 g/mol. The number of hydrazone groups is 1. The number of aldehydes is 1. The van der Waals surface area contributed by atoms with Crippen LogP contribution >= 0.6 is 0 Å². The third-order valence-electron chi connectivity index (χ3n) is 4.51. The lowest BCUT2D eigenvalue weighted by Gasteiger charge is -2.13. The van der Waals surface area contributed by atoms with E-state index in [-0.39, 0.29) is 0 Å². The van der Waals surface area contributed by atoms with Crippen molar-refractivity contribution in [2.45, 2.75) is 13.5 Å². The number of benzene rings is 2. The largest absolute Gasteiger partial charge is 0.497 e. The first kappa shape index (κ1) is 17.7. The summed E-state index contributed by atoms with van der Waals surface area (Å²) in [6.07, 6.45) is 2.66. The van der Waals surface area contributed by atoms with Crippen LogP contribution < -0.4 is 4.74 Å². The molecule has 1 heterocycles. The highest BCUT2D eigenvalue weighted by molar-refractivity contribution is 6.06. The molecule has 2 aromatic carbocycles. The minimum Gasteiger partial charge on any atom is -0.497 e. The van der Waals surface area contributed by atoms with Gasteiger partial charge in [0.1, 0.15) is 5.75 Å². The number of carbonyl (C=O) groups excluding carboxylic acids is 1. The first-order valence-electron chi connectivity index (χ1n) is 8.45. The Bertz CT molecular complexity index is 956. The van der Waals surface area contributed by atoms with Gasteiger partial charge in [-0.25, -0.2) is 0 Å². The fraction of sp³-hybridized carbons (Fsp3) is 0.238. The van der Waals surface area contributed by atoms with Gasteiger partial charge in [-0.1, -0.05) is 24.3 Å². The third kappa shape index (κ3) is 3.47. The highest BCUT2D eigenvalue weighted by atomic mass is 16.5. The number of aromatic nitrogens is 1. The molecular formula is C21H23N3O2. The van der Waals surface area contributed by atoms with Gasteiger partial charge in [0.05, 0.1) is 25.6 Å². The number of hydrogen-bond acceptors (Lipinski definition) is 4. The maximum absolute atomic E-state index is 11.6. The van der Waals surface area contributed by atoms with E-state index in [1.807, 2.05) is 60.9 Å². The summed E-state index contributed by atoms with van der Waals surface area (Å²) in [7, 11) is 5.47. The number of methoxy groups -OCH3 is 1. The summed E-state index contributed by atoms with van der Waals surface area (Å²) in [5.74, 6) is 0.835. The Balaban J connectivity index is 1.86. The standard InChI is InChI=1S/C21H23N3O2/c1-15-5-10-18-19(21(14-25)24(3)20(18)11-15)12-22-23(2)13-16-6-8-17(26-4)9-7-16/h5-12,14H,13H2,1-4H3/b22-12-. The van der Waals surface area contributed by atoms with Gasteiger partial charge in [0.15, 0.2) is 6.29 Å². The molecule has 0 radical (unpaired) electrons. The highest BCUT2D eigenvalue weighted by Crippen LogP contribution is 2.24. The van der Waals surface area contributed by atoms with Crippen LogP contribution in [0.1, 0.15) is 27.2 Å². The Morgan fingerprint density at radius 3 is 2.58 bits per heavy atom. The molecule has 3 aromatic rings. The first-order valence-corrected chi connectivity index (χ1v) is 8.45. The maximum Gasteiger partial charge on any atom is 0.167 e. The zero-order valence-electron chi connectivity index (χ0n) is 15.6. The lowest BCUT2D eigenvalue weighted by Crippen LogP contribution is -2.11. The summed E-state index contributed by atoms with van der Waals surface area (Å²) >= 11 is 0. The fourth-order valence-electron chi connectivity index (χ4n) is 3.07. The van der Waals surface area contributed by atoms with E-state index in [1.165, 1.54) is 0 Å². The molecule has 0 saturated heterocycles. The molecule has 5 heteroatoms. The molecular weight excluding hydrogens is 326 g/mol. The van der Waals surface area contributed by atoms with Crippen molar-refractivity contribution in [3.05, 3.63) is 64.8 Å². The van der Waals surface area contributed by atoms with Crippen LogP contribution in [0.3, 0.4) is 0 Å². The van der Waals surface area contributed by atoms with Crippen LogP contribution in [-0.4, -0.2) is 36.2 Å². The van der Waals surface area contributed by atoms with Crippen molar-refractivity contribution in [2.75, 3.05) is 14.2 Å². The van der Waals surface area contributed by atoms with E-state index in [9.17, 15) is 4.79 Å². The van der Waals surface area contributed by atoms with Gasteiger partial charge < -0.3 is 9.30 Å². The molecule has 3 rings (SSSR count). The molecule has 26 heavy (non-hydrogen) atoms. The Morgan fingerprint density at radius 2 is 1.92 bits per heavy atom. The molecule has 5 nitrogen and oxygen atoms in total. The lowest BCUT2D eigenvalue weighted by molar-refractivity contribution is 0.111. The second-order valence-corrected chi connectivity index (χ2v) is 6.40. The molecule has 0 saturated carbocycles. The molecule has 0 spiro atoms. The topological polar surface area (TPSA) is 46.8 Å². The van der Waals surface area contributed by atoms with Crippen molar-refractivity contribution in [1.29, 1.82) is 0 Å². The predicted molar refractivity (Wildman–Crippen MR) is 105 cm³/mol. The van der Waals surface area contributed by atoms with Gasteiger partial charge in [-0.05, 0) is 36.2 Å². The monoisotopic (exact) mass is 349 g/mol. The highest BCUT2D eigenvalue weighted by Gasteiger charge is 2.13. The quantitative estimate of drug-likeness (QED) is 0.387. The molecule has 0 N–H and O–H groups in total. The van der Waals surface area contributed by atoms with Crippen LogP contribution in [0.5, 0.6) is 5.75 Å². The molecule has 0 fully saturated rings. The van der Waals surface area contributed by atoms with Crippen molar-refractivity contribution in [2.24, 2.45) is 12.1 Å². The van der Waals surface area contributed by atoms with Crippen LogP contribution in [0.2, 0.25) is 0 Å². The molecule has 1 aromatic heterocycles. The van der Waals surface area contributed by atoms with Gasteiger partial charge in [0, 0.05) is 30.6 Å². The summed E-state index contributed by atoms with van der Waals surface area (Å²) < 4.78 is 7.09. The van der Waals surface area contributed by atoms with E-state index in [0.717, 1.165) is 39.6 Å². The van der Waals surface area contributed by atoms with Crippen molar-refractivity contribution < 1.29 is 9.53 Å². The normalized spacial score (nSPS) is 11.2. The van der Waals surface area contributed by atoms with Crippen LogP contribution in [-0.2, 0) is 13.6 Å². The summed E-state index contributed by atoms with van der Waals surface area (Å²) in [6.45, 7) is 2.71. The number of hydrogen-bond donors (Lipinski definition) is 0. The van der Waals surface area contributed by atoms with Crippen molar-refractivity contribution in [3.8, 4) is 5.75 Å². The van der Waals surface area contributed by atoms with Gasteiger partial charge in [-0.3, -0.25) is 9.80 Å². The van der Waals surface area contributed by atoms with Gasteiger partial charge in [-0.15, -0.1) is 0 Å². The van der Waals surface area contributed by atoms with Crippen molar-refractivity contribution >= 4 is 23.4 Å². The zero-order chi connectivity index (χ0) is 18.7. The summed E-state index contributed by atoms with van der Waals surface area (Å²) in [6, 6.07) is 14.1. The lowest BCUT2D eigenvalue weighted by atomic mass is 10.1. The van der Waals surface area contributed by atoms with E-state index in [4.69, 9.17) is 4.74 Å². The summed E-state index contributed by atoms with van der Waals surface area (Å²) in [4.78, 5) is 11.6. The molecule has 0 bridgehead atoms. The molecule has 0 amide bonds. The Morgan fingerprint density at radius 1 is 1.19 bits per heavy atom. The third-order valence-corrected chi connectivity index (χ3v) is 4.51. The number of rotatable bonds is 6. The Labute approximate surface area is 153 Å². The zero-order valence-corrected chi connectivity index (χ0v) is 15.6. The smallest absolute Gasteiger partial charge is 0.167 e. The van der Waals surface area contributed by atoms with E-state index in [2.05, 4.69) is 17.2 Å². The van der Waals surface area contributed by atoms with Crippen LogP contribution in [0.25, 0.3) is 10.9 Å². The number of fused-ring (bicyclic) bond motifs is 1. The van der Waals surface area contributed by atoms with Gasteiger partial charge in [0.25, 0.3) is 0 Å². The fourth-order valence-corrected chi connectivity index (χ4v) is 3.07. The van der Waals surface area contributed by atoms with Crippen LogP contribution in [0.15, 0.2) is 47.6 Å². The SMILES string of the molecule is COc1ccc(CN(C)/N=C\c2c(C=O)n(C)c3cc(C)ccc23)cc1. The molecule has 0 atom stereocenters. The maximum atomic E-state index is 11.6. The van der Waals surface area contributed by atoms with Gasteiger partial charge in [-0.2, -0.15) is 5.10 Å². The minimum atomic E-state index is 0.632. The summed E-state index contributed by atoms with van der Waals surface area (Å²) in [5, 5.41) is 7.41. The number of aryl methyl sites for hydroxylation is 2. The summed E-state index contributed by atoms with van der Waals surface area (Å²) in [5.41, 5.74) is 4.81. The molecule has 0 unspecified atom stereocenters. The van der Waals surface area contributed by atoms with Crippen LogP contribution in [0, 0.1) is 6.92 Å². The van der Waals surface area contributed by atoms with Gasteiger partial charge in [0.2, 0.25) is 0 Å². The number of carbonyl (C=O) groups is 1. The van der Waals surface area contributed by atoms with E-state index >= 15 is 0 Å². The second-order valence-electron chi connectivity index (χ2n) is 6.40. The van der Waals surface area contributed by atoms with Crippen molar-refractivity contribution in [3.63, 3.8) is 0 Å². The Hall–Kier alpha value is -3.08.